The third-order valence-electron chi connectivity index (χ3n) is 5.89. The molecule has 0 rings (SSSR count). The second-order valence-electron chi connectivity index (χ2n) is 9.46. The van der Waals surface area contributed by atoms with Gasteiger partial charge in [0.05, 0.1) is 13.2 Å². The molecule has 0 aromatic rings. The lowest BCUT2D eigenvalue weighted by molar-refractivity contribution is 0.0925. The Morgan fingerprint density at radius 2 is 1.00 bits per heavy atom. The van der Waals surface area contributed by atoms with Crippen LogP contribution in [-0.2, 0) is 9.16 Å². The predicted octanol–water partition coefficient (Wildman–Crippen LogP) is 8.12. The average Bonchev–Trinajstić information content (AvgIpc) is 2.56. The van der Waals surface area contributed by atoms with E-state index in [1.807, 2.05) is 0 Å². The first kappa shape index (κ1) is 26.1. The van der Waals surface area contributed by atoms with Crippen LogP contribution in [-0.4, -0.2) is 28.1 Å². The van der Waals surface area contributed by atoms with Gasteiger partial charge in [-0.15, -0.1) is 0 Å². The van der Waals surface area contributed by atoms with Gasteiger partial charge in [0.1, 0.15) is 0 Å². The van der Waals surface area contributed by atoms with Crippen molar-refractivity contribution in [2.45, 2.75) is 129 Å². The van der Waals surface area contributed by atoms with E-state index in [2.05, 4.69) is 40.8 Å². The second kappa shape index (κ2) is 16.1. The van der Waals surface area contributed by atoms with Crippen LogP contribution >= 0.6 is 0 Å². The number of unbranched alkanes of at least 4 members (excludes halogenated alkanes) is 12. The van der Waals surface area contributed by atoms with Gasteiger partial charge in [-0.05, 0) is 24.6 Å². The summed E-state index contributed by atoms with van der Waals surface area (Å²) in [5, 5.41) is 0.294. The molecule has 26 heavy (non-hydrogen) atoms. The van der Waals surface area contributed by atoms with E-state index in [9.17, 15) is 0 Å². The van der Waals surface area contributed by atoms with Gasteiger partial charge >= 0.3 is 0 Å². The van der Waals surface area contributed by atoms with Crippen molar-refractivity contribution in [2.75, 3.05) is 19.8 Å². The second-order valence-corrected chi connectivity index (χ2v) is 14.3. The number of ether oxygens (including phenoxy) is 1. The van der Waals surface area contributed by atoms with Crippen molar-refractivity contribution in [2.24, 2.45) is 0 Å². The first-order chi connectivity index (χ1) is 12.3. The maximum absolute atomic E-state index is 6.13. The predicted molar refractivity (Wildman–Crippen MR) is 120 cm³/mol. The van der Waals surface area contributed by atoms with E-state index in [0.29, 0.717) is 5.04 Å². The van der Waals surface area contributed by atoms with E-state index < -0.39 is 8.32 Å². The molecule has 0 aliphatic rings. The van der Waals surface area contributed by atoms with Crippen LogP contribution in [0.4, 0.5) is 0 Å². The molecule has 0 aliphatic carbocycles. The van der Waals surface area contributed by atoms with Gasteiger partial charge < -0.3 is 9.16 Å². The Labute approximate surface area is 166 Å². The Hall–Kier alpha value is 0.137. The molecular weight excluding hydrogens is 336 g/mol. The van der Waals surface area contributed by atoms with Crippen molar-refractivity contribution < 1.29 is 9.16 Å². The Morgan fingerprint density at radius 3 is 1.42 bits per heavy atom. The lowest BCUT2D eigenvalue weighted by Crippen LogP contribution is -2.41. The molecule has 158 valence electrons. The summed E-state index contributed by atoms with van der Waals surface area (Å²) in [7, 11) is -1.59. The first-order valence-corrected chi connectivity index (χ1v) is 14.4. The molecule has 0 saturated heterocycles. The molecule has 0 amide bonds. The molecular formula is C23H50O2Si. The maximum atomic E-state index is 6.13. The lowest BCUT2D eigenvalue weighted by Gasteiger charge is -2.36. The summed E-state index contributed by atoms with van der Waals surface area (Å²) in [5.74, 6) is 0. The van der Waals surface area contributed by atoms with E-state index >= 15 is 0 Å². The van der Waals surface area contributed by atoms with Crippen molar-refractivity contribution in [3.8, 4) is 0 Å². The molecule has 0 bridgehead atoms. The molecule has 0 aliphatic heterocycles. The topological polar surface area (TPSA) is 18.5 Å². The third kappa shape index (κ3) is 15.2. The standard InChI is InChI=1S/C23H50O2Si/c1-7-8-9-10-11-12-13-14-15-16-17-18-19-20-24-21-22-25-26(5,6)23(2,3)4/h7-22H2,1-6H3. The van der Waals surface area contributed by atoms with Gasteiger partial charge in [-0.1, -0.05) is 105 Å². The van der Waals surface area contributed by atoms with E-state index in [1.165, 1.54) is 83.5 Å². The van der Waals surface area contributed by atoms with Crippen LogP contribution in [0.15, 0.2) is 0 Å². The molecule has 0 saturated carbocycles. The van der Waals surface area contributed by atoms with Gasteiger partial charge in [0, 0.05) is 6.61 Å². The minimum atomic E-state index is -1.59. The van der Waals surface area contributed by atoms with Crippen LogP contribution in [0.1, 0.15) is 111 Å². The molecule has 0 N–H and O–H groups in total. The fourth-order valence-corrected chi connectivity index (χ4v) is 3.92. The van der Waals surface area contributed by atoms with Crippen molar-refractivity contribution in [3.63, 3.8) is 0 Å². The molecule has 0 fully saturated rings. The van der Waals surface area contributed by atoms with E-state index in [1.54, 1.807) is 0 Å². The molecule has 0 atom stereocenters. The summed E-state index contributed by atoms with van der Waals surface area (Å²) < 4.78 is 11.9. The zero-order valence-electron chi connectivity index (χ0n) is 19.1. The van der Waals surface area contributed by atoms with Crippen molar-refractivity contribution in [1.29, 1.82) is 0 Å². The molecule has 3 heteroatoms. The SMILES string of the molecule is CCCCCCCCCCCCCCCOCCO[Si](C)(C)C(C)(C)C. The molecule has 2 nitrogen and oxygen atoms in total. The summed E-state index contributed by atoms with van der Waals surface area (Å²) >= 11 is 0. The van der Waals surface area contributed by atoms with Crippen LogP contribution in [0.5, 0.6) is 0 Å². The number of hydrogen-bond donors (Lipinski definition) is 0. The Balaban J connectivity index is 3.21. The van der Waals surface area contributed by atoms with Crippen molar-refractivity contribution in [1.82, 2.24) is 0 Å². The quantitative estimate of drug-likeness (QED) is 0.175. The third-order valence-corrected chi connectivity index (χ3v) is 10.4. The van der Waals surface area contributed by atoms with E-state index in [-0.39, 0.29) is 0 Å². The zero-order chi connectivity index (χ0) is 19.7. The molecule has 0 aromatic heterocycles. The fourth-order valence-electron chi connectivity index (χ4n) is 2.90. The normalized spacial score (nSPS) is 12.7. The average molecular weight is 387 g/mol. The highest BCUT2D eigenvalue weighted by atomic mass is 28.4. The number of hydrogen-bond acceptors (Lipinski definition) is 2. The van der Waals surface area contributed by atoms with Gasteiger partial charge in [0.25, 0.3) is 0 Å². The van der Waals surface area contributed by atoms with Gasteiger partial charge in [-0.25, -0.2) is 0 Å². The highest BCUT2D eigenvalue weighted by molar-refractivity contribution is 6.74. The molecule has 0 aromatic carbocycles. The maximum Gasteiger partial charge on any atom is 0.192 e. The van der Waals surface area contributed by atoms with Crippen LogP contribution in [0, 0.1) is 0 Å². The Morgan fingerprint density at radius 1 is 0.577 bits per heavy atom. The summed E-state index contributed by atoms with van der Waals surface area (Å²) in [6.45, 7) is 16.2. The zero-order valence-corrected chi connectivity index (χ0v) is 20.1. The Kier molecular flexibility index (Phi) is 16.2. The fraction of sp³-hybridized carbons (Fsp3) is 1.00. The smallest absolute Gasteiger partial charge is 0.192 e. The molecule has 0 unspecified atom stereocenters. The first-order valence-electron chi connectivity index (χ1n) is 11.5. The van der Waals surface area contributed by atoms with Crippen molar-refractivity contribution >= 4 is 8.32 Å². The van der Waals surface area contributed by atoms with Crippen LogP contribution < -0.4 is 0 Å². The van der Waals surface area contributed by atoms with Gasteiger partial charge in [0.15, 0.2) is 8.32 Å². The summed E-state index contributed by atoms with van der Waals surface area (Å²) in [4.78, 5) is 0. The van der Waals surface area contributed by atoms with Crippen molar-refractivity contribution in [3.05, 3.63) is 0 Å². The van der Waals surface area contributed by atoms with Gasteiger partial charge in [-0.2, -0.15) is 0 Å². The van der Waals surface area contributed by atoms with Crippen LogP contribution in [0.2, 0.25) is 18.1 Å². The van der Waals surface area contributed by atoms with E-state index in [0.717, 1.165) is 19.8 Å². The minimum Gasteiger partial charge on any atom is -0.414 e. The summed E-state index contributed by atoms with van der Waals surface area (Å²) in [6, 6.07) is 0. The Bertz CT molecular complexity index is 297. The van der Waals surface area contributed by atoms with Gasteiger partial charge in [-0.3, -0.25) is 0 Å². The largest absolute Gasteiger partial charge is 0.414 e. The summed E-state index contributed by atoms with van der Waals surface area (Å²) in [5.41, 5.74) is 0. The highest BCUT2D eigenvalue weighted by Crippen LogP contribution is 2.36. The highest BCUT2D eigenvalue weighted by Gasteiger charge is 2.36. The molecule has 0 radical (unpaired) electrons. The summed E-state index contributed by atoms with van der Waals surface area (Å²) in [6.07, 6.45) is 18.2. The monoisotopic (exact) mass is 386 g/mol. The van der Waals surface area contributed by atoms with Crippen LogP contribution in [0.3, 0.4) is 0 Å². The molecule has 0 spiro atoms. The van der Waals surface area contributed by atoms with Crippen LogP contribution in [0.25, 0.3) is 0 Å². The number of rotatable bonds is 18. The lowest BCUT2D eigenvalue weighted by atomic mass is 10.0. The van der Waals surface area contributed by atoms with Gasteiger partial charge in [0.2, 0.25) is 0 Å². The minimum absolute atomic E-state index is 0.294. The molecule has 0 heterocycles. The van der Waals surface area contributed by atoms with E-state index in [4.69, 9.17) is 9.16 Å².